The Morgan fingerprint density at radius 3 is 2.61 bits per heavy atom. The molecule has 0 unspecified atom stereocenters. The molecule has 0 spiro atoms. The van der Waals surface area contributed by atoms with E-state index in [0.29, 0.717) is 29.9 Å². The van der Waals surface area contributed by atoms with Gasteiger partial charge in [0.2, 0.25) is 0 Å². The van der Waals surface area contributed by atoms with E-state index in [1.54, 1.807) is 18.2 Å². The summed E-state index contributed by atoms with van der Waals surface area (Å²) < 4.78 is 35.7. The molecule has 0 radical (unpaired) electrons. The number of hydrogen-bond donors (Lipinski definition) is 3. The third-order valence-electron chi connectivity index (χ3n) is 2.44. The molecule has 0 bridgehead atoms. The smallest absolute Gasteiger partial charge is 0.389 e. The number of hydrogen-bond acceptors (Lipinski definition) is 3. The SMILES string of the molecule is N=Cc1ccc(N)cc1NCCCCC(F)(F)F. The maximum Gasteiger partial charge on any atom is 0.389 e. The van der Waals surface area contributed by atoms with Crippen molar-refractivity contribution >= 4 is 17.6 Å². The molecule has 0 saturated heterocycles. The molecule has 4 N–H and O–H groups in total. The first kappa shape index (κ1) is 14.3. The molecule has 1 aromatic carbocycles. The van der Waals surface area contributed by atoms with E-state index in [0.717, 1.165) is 0 Å². The summed E-state index contributed by atoms with van der Waals surface area (Å²) in [4.78, 5) is 0. The van der Waals surface area contributed by atoms with Crippen LogP contribution in [-0.4, -0.2) is 18.9 Å². The maximum atomic E-state index is 11.9. The third-order valence-corrected chi connectivity index (χ3v) is 2.44. The van der Waals surface area contributed by atoms with Crippen molar-refractivity contribution < 1.29 is 13.2 Å². The summed E-state index contributed by atoms with van der Waals surface area (Å²) >= 11 is 0. The lowest BCUT2D eigenvalue weighted by Crippen LogP contribution is -2.09. The van der Waals surface area contributed by atoms with Crippen LogP contribution in [0.15, 0.2) is 18.2 Å². The molecule has 3 nitrogen and oxygen atoms in total. The number of anilines is 2. The molecule has 0 aliphatic carbocycles. The zero-order valence-corrected chi connectivity index (χ0v) is 9.85. The Kier molecular flexibility index (Phi) is 5.00. The molecule has 1 aromatic rings. The number of alkyl halides is 3. The zero-order chi connectivity index (χ0) is 13.6. The van der Waals surface area contributed by atoms with Crippen LogP contribution in [-0.2, 0) is 0 Å². The van der Waals surface area contributed by atoms with Gasteiger partial charge in [-0.1, -0.05) is 0 Å². The Hall–Kier alpha value is -1.72. The van der Waals surface area contributed by atoms with Gasteiger partial charge in [0.25, 0.3) is 0 Å². The molecule has 100 valence electrons. The van der Waals surface area contributed by atoms with Gasteiger partial charge in [0.1, 0.15) is 0 Å². The van der Waals surface area contributed by atoms with Crippen molar-refractivity contribution in [2.24, 2.45) is 0 Å². The van der Waals surface area contributed by atoms with E-state index in [1.165, 1.54) is 6.21 Å². The van der Waals surface area contributed by atoms with Gasteiger partial charge in [-0.3, -0.25) is 0 Å². The average Bonchev–Trinajstić information content (AvgIpc) is 2.27. The van der Waals surface area contributed by atoms with E-state index in [1.807, 2.05) is 0 Å². The predicted octanol–water partition coefficient (Wildman–Crippen LogP) is 3.41. The van der Waals surface area contributed by atoms with E-state index < -0.39 is 12.6 Å². The fourth-order valence-electron chi connectivity index (χ4n) is 1.53. The van der Waals surface area contributed by atoms with E-state index in [-0.39, 0.29) is 6.42 Å². The molecule has 0 amide bonds. The minimum absolute atomic E-state index is 0.0960. The summed E-state index contributed by atoms with van der Waals surface area (Å²) in [5.41, 5.74) is 7.50. The summed E-state index contributed by atoms with van der Waals surface area (Å²) in [6.45, 7) is 0.431. The molecule has 0 aromatic heterocycles. The molecular formula is C12H16F3N3. The van der Waals surface area contributed by atoms with Crippen molar-refractivity contribution in [3.05, 3.63) is 23.8 Å². The standard InChI is InChI=1S/C12H16F3N3/c13-12(14,15)5-1-2-6-18-11-7-10(17)4-3-9(11)8-16/h3-4,7-8,16,18H,1-2,5-6,17H2. The number of nitrogens with two attached hydrogens (primary N) is 1. The zero-order valence-electron chi connectivity index (χ0n) is 9.85. The topological polar surface area (TPSA) is 61.9 Å². The third kappa shape index (κ3) is 5.07. The van der Waals surface area contributed by atoms with Crippen molar-refractivity contribution in [1.82, 2.24) is 0 Å². The van der Waals surface area contributed by atoms with Gasteiger partial charge < -0.3 is 16.5 Å². The summed E-state index contributed by atoms with van der Waals surface area (Å²) in [6, 6.07) is 5.04. The molecule has 18 heavy (non-hydrogen) atoms. The van der Waals surface area contributed by atoms with Crippen LogP contribution in [0.3, 0.4) is 0 Å². The average molecular weight is 259 g/mol. The second kappa shape index (κ2) is 6.28. The van der Waals surface area contributed by atoms with Gasteiger partial charge in [0, 0.05) is 36.1 Å². The van der Waals surface area contributed by atoms with Crippen molar-refractivity contribution in [2.45, 2.75) is 25.4 Å². The Bertz CT molecular complexity index is 402. The van der Waals surface area contributed by atoms with Gasteiger partial charge in [0.15, 0.2) is 0 Å². The van der Waals surface area contributed by atoms with Crippen LogP contribution in [0.25, 0.3) is 0 Å². The summed E-state index contributed by atoms with van der Waals surface area (Å²) in [6.07, 6.45) is -3.15. The highest BCUT2D eigenvalue weighted by Gasteiger charge is 2.25. The minimum atomic E-state index is -4.09. The number of nitrogens with one attached hydrogen (secondary N) is 2. The second-order valence-electron chi connectivity index (χ2n) is 3.99. The van der Waals surface area contributed by atoms with Crippen molar-refractivity contribution in [1.29, 1.82) is 5.41 Å². The molecule has 6 heteroatoms. The molecule has 0 fully saturated rings. The van der Waals surface area contributed by atoms with Crippen LogP contribution >= 0.6 is 0 Å². The van der Waals surface area contributed by atoms with Crippen LogP contribution in [0.2, 0.25) is 0 Å². The highest BCUT2D eigenvalue weighted by molar-refractivity contribution is 5.87. The highest BCUT2D eigenvalue weighted by Crippen LogP contribution is 2.22. The Morgan fingerprint density at radius 2 is 2.00 bits per heavy atom. The van der Waals surface area contributed by atoms with E-state index in [9.17, 15) is 13.2 Å². The van der Waals surface area contributed by atoms with Crippen LogP contribution in [0, 0.1) is 5.41 Å². The van der Waals surface area contributed by atoms with Crippen molar-refractivity contribution in [3.8, 4) is 0 Å². The Morgan fingerprint density at radius 1 is 1.28 bits per heavy atom. The summed E-state index contributed by atoms with van der Waals surface area (Å²) in [7, 11) is 0. The Labute approximate surface area is 104 Å². The summed E-state index contributed by atoms with van der Waals surface area (Å²) in [5.74, 6) is 0. The van der Waals surface area contributed by atoms with Gasteiger partial charge in [-0.05, 0) is 31.0 Å². The van der Waals surface area contributed by atoms with Gasteiger partial charge in [-0.2, -0.15) is 13.2 Å². The van der Waals surface area contributed by atoms with Gasteiger partial charge in [-0.15, -0.1) is 0 Å². The van der Waals surface area contributed by atoms with Crippen molar-refractivity contribution in [3.63, 3.8) is 0 Å². The fraction of sp³-hybridized carbons (Fsp3) is 0.417. The molecule has 0 aliphatic heterocycles. The van der Waals surface area contributed by atoms with E-state index >= 15 is 0 Å². The van der Waals surface area contributed by atoms with Crippen LogP contribution in [0.5, 0.6) is 0 Å². The number of nitrogen functional groups attached to an aromatic ring is 1. The molecule has 0 atom stereocenters. The number of halogens is 3. The normalized spacial score (nSPS) is 11.3. The van der Waals surface area contributed by atoms with E-state index in [2.05, 4.69) is 5.32 Å². The predicted molar refractivity (Wildman–Crippen MR) is 67.1 cm³/mol. The lowest BCUT2D eigenvalue weighted by atomic mass is 10.1. The molecule has 1 rings (SSSR count). The quantitative estimate of drug-likeness (QED) is 0.416. The Balaban J connectivity index is 2.39. The van der Waals surface area contributed by atoms with Crippen LogP contribution in [0.1, 0.15) is 24.8 Å². The largest absolute Gasteiger partial charge is 0.399 e. The minimum Gasteiger partial charge on any atom is -0.399 e. The molecule has 0 aliphatic rings. The first-order valence-electron chi connectivity index (χ1n) is 5.63. The molecular weight excluding hydrogens is 243 g/mol. The monoisotopic (exact) mass is 259 g/mol. The number of unbranched alkanes of at least 4 members (excludes halogenated alkanes) is 1. The maximum absolute atomic E-state index is 11.9. The van der Waals surface area contributed by atoms with Gasteiger partial charge in [-0.25, -0.2) is 0 Å². The van der Waals surface area contributed by atoms with E-state index in [4.69, 9.17) is 11.1 Å². The number of benzene rings is 1. The fourth-order valence-corrected chi connectivity index (χ4v) is 1.53. The number of rotatable bonds is 6. The molecule has 0 saturated carbocycles. The highest BCUT2D eigenvalue weighted by atomic mass is 19.4. The first-order chi connectivity index (χ1) is 8.42. The van der Waals surface area contributed by atoms with Gasteiger partial charge >= 0.3 is 6.18 Å². The van der Waals surface area contributed by atoms with Crippen molar-refractivity contribution in [2.75, 3.05) is 17.6 Å². The lowest BCUT2D eigenvalue weighted by molar-refractivity contribution is -0.135. The second-order valence-corrected chi connectivity index (χ2v) is 3.99. The summed E-state index contributed by atoms with van der Waals surface area (Å²) in [5, 5.41) is 10.2. The van der Waals surface area contributed by atoms with Gasteiger partial charge in [0.05, 0.1) is 0 Å². The molecule has 0 heterocycles. The van der Waals surface area contributed by atoms with Crippen LogP contribution < -0.4 is 11.1 Å². The van der Waals surface area contributed by atoms with Crippen LogP contribution in [0.4, 0.5) is 24.5 Å². The lowest BCUT2D eigenvalue weighted by Gasteiger charge is -2.10. The first-order valence-corrected chi connectivity index (χ1v) is 5.63.